The fraction of sp³-hybridized carbons (Fsp3) is 0.462. The van der Waals surface area contributed by atoms with Crippen LogP contribution >= 0.6 is 0 Å². The zero-order valence-electron chi connectivity index (χ0n) is 11.8. The molecule has 1 aromatic carbocycles. The largest absolute Gasteiger partial charge is 0.506 e. The molecule has 118 valence electrons. The number of anilines is 1. The van der Waals surface area contributed by atoms with Gasteiger partial charge in [0.25, 0.3) is 0 Å². The molecule has 4 N–H and O–H groups in total. The van der Waals surface area contributed by atoms with Crippen LogP contribution in [0, 0.1) is 0 Å². The Labute approximate surface area is 119 Å². The Hall–Kier alpha value is -1.96. The van der Waals surface area contributed by atoms with E-state index < -0.39 is 23.9 Å². The number of carbonyl (C=O) groups excluding carboxylic acids is 1. The molecular weight excluding hydrogens is 289 g/mol. The van der Waals surface area contributed by atoms with E-state index in [0.717, 1.165) is 18.2 Å². The number of benzene rings is 1. The number of nitrogens with two attached hydrogens (primary N) is 1. The van der Waals surface area contributed by atoms with Crippen LogP contribution in [0.4, 0.5) is 23.7 Å². The highest BCUT2D eigenvalue weighted by Gasteiger charge is 2.38. The van der Waals surface area contributed by atoms with Gasteiger partial charge in [0.15, 0.2) is 0 Å². The number of halogens is 3. The number of aromatic hydroxyl groups is 1. The number of amides is 1. The molecule has 1 unspecified atom stereocenters. The van der Waals surface area contributed by atoms with Crippen LogP contribution in [0.1, 0.15) is 32.4 Å². The summed E-state index contributed by atoms with van der Waals surface area (Å²) in [5.41, 5.74) is 3.80. The monoisotopic (exact) mass is 306 g/mol. The molecule has 0 aromatic heterocycles. The normalized spacial score (nSPS) is 13.7. The molecule has 0 aliphatic carbocycles. The van der Waals surface area contributed by atoms with Gasteiger partial charge in [-0.1, -0.05) is 6.07 Å². The second kappa shape index (κ2) is 5.80. The van der Waals surface area contributed by atoms with E-state index in [1.54, 1.807) is 20.8 Å². The number of carbonyl (C=O) groups is 1. The van der Waals surface area contributed by atoms with Gasteiger partial charge in [-0.25, -0.2) is 4.79 Å². The van der Waals surface area contributed by atoms with Gasteiger partial charge in [-0.2, -0.15) is 13.2 Å². The van der Waals surface area contributed by atoms with Crippen LogP contribution in [-0.2, 0) is 4.74 Å². The topological polar surface area (TPSA) is 84.6 Å². The van der Waals surface area contributed by atoms with Crippen LogP contribution in [0.5, 0.6) is 5.75 Å². The Morgan fingerprint density at radius 1 is 1.33 bits per heavy atom. The Morgan fingerprint density at radius 3 is 2.38 bits per heavy atom. The first-order valence-electron chi connectivity index (χ1n) is 6.05. The molecule has 0 saturated heterocycles. The summed E-state index contributed by atoms with van der Waals surface area (Å²) in [6.45, 7) is 4.88. The van der Waals surface area contributed by atoms with Crippen LogP contribution in [0.15, 0.2) is 18.2 Å². The fourth-order valence-electron chi connectivity index (χ4n) is 1.45. The lowest BCUT2D eigenvalue weighted by Gasteiger charge is -2.21. The minimum atomic E-state index is -4.62. The van der Waals surface area contributed by atoms with Gasteiger partial charge < -0.3 is 15.6 Å². The summed E-state index contributed by atoms with van der Waals surface area (Å²) >= 11 is 0. The minimum absolute atomic E-state index is 0.207. The number of rotatable bonds is 2. The Bertz CT molecular complexity index is 524. The number of phenolic OH excluding ortho intramolecular Hbond substituents is 1. The maximum absolute atomic E-state index is 12.6. The van der Waals surface area contributed by atoms with E-state index in [-0.39, 0.29) is 17.0 Å². The summed E-state index contributed by atoms with van der Waals surface area (Å²) in [4.78, 5) is 11.6. The predicted molar refractivity (Wildman–Crippen MR) is 70.9 cm³/mol. The number of hydrogen-bond donors (Lipinski definition) is 3. The summed E-state index contributed by atoms with van der Waals surface area (Å²) < 4.78 is 42.6. The second-order valence-electron chi connectivity index (χ2n) is 5.42. The van der Waals surface area contributed by atoms with Gasteiger partial charge in [-0.3, -0.25) is 5.32 Å². The van der Waals surface area contributed by atoms with Crippen molar-refractivity contribution in [2.24, 2.45) is 5.73 Å². The number of ether oxygens (including phenoxy) is 1. The molecule has 5 nitrogen and oxygen atoms in total. The first-order chi connectivity index (χ1) is 9.40. The third kappa shape index (κ3) is 5.14. The first kappa shape index (κ1) is 17.1. The second-order valence-corrected chi connectivity index (χ2v) is 5.42. The smallest absolute Gasteiger partial charge is 0.412 e. The molecule has 21 heavy (non-hydrogen) atoms. The van der Waals surface area contributed by atoms with Crippen molar-refractivity contribution in [2.45, 2.75) is 38.6 Å². The lowest BCUT2D eigenvalue weighted by molar-refractivity contribution is -0.149. The molecule has 0 radical (unpaired) electrons. The van der Waals surface area contributed by atoms with Crippen molar-refractivity contribution in [1.82, 2.24) is 0 Å². The summed E-state index contributed by atoms with van der Waals surface area (Å²) in [6, 6.07) is 0.802. The summed E-state index contributed by atoms with van der Waals surface area (Å²) in [5, 5.41) is 11.8. The van der Waals surface area contributed by atoms with Gasteiger partial charge in [0.2, 0.25) is 0 Å². The van der Waals surface area contributed by atoms with Crippen LogP contribution < -0.4 is 11.1 Å². The lowest BCUT2D eigenvalue weighted by Crippen LogP contribution is -2.29. The average molecular weight is 306 g/mol. The van der Waals surface area contributed by atoms with Gasteiger partial charge in [-0.15, -0.1) is 0 Å². The van der Waals surface area contributed by atoms with Crippen LogP contribution in [-0.4, -0.2) is 23.0 Å². The van der Waals surface area contributed by atoms with E-state index in [9.17, 15) is 23.1 Å². The minimum Gasteiger partial charge on any atom is -0.506 e. The number of alkyl halides is 3. The molecule has 0 bridgehead atoms. The first-order valence-corrected chi connectivity index (χ1v) is 6.05. The summed E-state index contributed by atoms with van der Waals surface area (Å²) in [6.07, 6.45) is -5.52. The molecular formula is C13H17F3N2O3. The number of phenols is 1. The predicted octanol–water partition coefficient (Wildman–Crippen LogP) is 3.30. The quantitative estimate of drug-likeness (QED) is 0.732. The van der Waals surface area contributed by atoms with E-state index in [2.05, 4.69) is 5.32 Å². The third-order valence-electron chi connectivity index (χ3n) is 2.37. The lowest BCUT2D eigenvalue weighted by atomic mass is 10.1. The van der Waals surface area contributed by atoms with Crippen LogP contribution in [0.3, 0.4) is 0 Å². The number of hydrogen-bond acceptors (Lipinski definition) is 4. The van der Waals surface area contributed by atoms with Gasteiger partial charge in [0.1, 0.15) is 17.4 Å². The molecule has 0 fully saturated rings. The average Bonchev–Trinajstić information content (AvgIpc) is 2.27. The molecule has 1 amide bonds. The Kier molecular flexibility index (Phi) is 4.72. The van der Waals surface area contributed by atoms with Crippen molar-refractivity contribution in [3.8, 4) is 5.75 Å². The maximum Gasteiger partial charge on any atom is 0.412 e. The molecule has 0 aliphatic heterocycles. The maximum atomic E-state index is 12.6. The molecule has 0 aliphatic rings. The van der Waals surface area contributed by atoms with Crippen LogP contribution in [0.25, 0.3) is 0 Å². The van der Waals surface area contributed by atoms with Gasteiger partial charge in [0.05, 0.1) is 5.69 Å². The highest BCUT2D eigenvalue weighted by atomic mass is 19.4. The van der Waals surface area contributed by atoms with Gasteiger partial charge >= 0.3 is 12.3 Å². The third-order valence-corrected chi connectivity index (χ3v) is 2.37. The molecule has 0 saturated carbocycles. The van der Waals surface area contributed by atoms with Crippen molar-refractivity contribution in [2.75, 3.05) is 5.32 Å². The SMILES string of the molecule is CC(C)(C)OC(=O)Nc1cc(C(N)C(F)(F)F)ccc1O. The van der Waals surface area contributed by atoms with E-state index in [1.807, 2.05) is 0 Å². The zero-order valence-corrected chi connectivity index (χ0v) is 11.8. The van der Waals surface area contributed by atoms with Crippen molar-refractivity contribution < 1.29 is 27.8 Å². The van der Waals surface area contributed by atoms with Crippen molar-refractivity contribution in [3.63, 3.8) is 0 Å². The standard InChI is InChI=1S/C13H17F3N2O3/c1-12(2,3)21-11(20)18-8-6-7(4-5-9(8)19)10(17)13(14,15)16/h4-6,10,19H,17H2,1-3H3,(H,18,20). The fourth-order valence-corrected chi connectivity index (χ4v) is 1.45. The van der Waals surface area contributed by atoms with E-state index in [1.165, 1.54) is 0 Å². The highest BCUT2D eigenvalue weighted by Crippen LogP contribution is 2.34. The number of nitrogens with one attached hydrogen (secondary N) is 1. The van der Waals surface area contributed by atoms with E-state index in [4.69, 9.17) is 10.5 Å². The highest BCUT2D eigenvalue weighted by molar-refractivity contribution is 5.87. The summed E-state index contributed by atoms with van der Waals surface area (Å²) in [7, 11) is 0. The van der Waals surface area contributed by atoms with Crippen LogP contribution in [0.2, 0.25) is 0 Å². The Morgan fingerprint density at radius 2 is 1.90 bits per heavy atom. The van der Waals surface area contributed by atoms with Crippen molar-refractivity contribution in [3.05, 3.63) is 23.8 Å². The Balaban J connectivity index is 2.96. The van der Waals surface area contributed by atoms with E-state index in [0.29, 0.717) is 0 Å². The van der Waals surface area contributed by atoms with Crippen molar-refractivity contribution >= 4 is 11.8 Å². The summed E-state index contributed by atoms with van der Waals surface area (Å²) in [5.74, 6) is -0.390. The molecule has 8 heteroatoms. The van der Waals surface area contributed by atoms with Gasteiger partial charge in [0, 0.05) is 0 Å². The molecule has 1 atom stereocenters. The molecule has 1 rings (SSSR count). The molecule has 0 spiro atoms. The van der Waals surface area contributed by atoms with E-state index >= 15 is 0 Å². The van der Waals surface area contributed by atoms with Gasteiger partial charge in [-0.05, 0) is 38.5 Å². The zero-order chi connectivity index (χ0) is 16.4. The van der Waals surface area contributed by atoms with Crippen molar-refractivity contribution in [1.29, 1.82) is 0 Å². The molecule has 1 aromatic rings. The molecule has 0 heterocycles.